The summed E-state index contributed by atoms with van der Waals surface area (Å²) in [6, 6.07) is 9.45. The quantitative estimate of drug-likeness (QED) is 0.844. The van der Waals surface area contributed by atoms with Gasteiger partial charge in [-0.2, -0.15) is 0 Å². The third-order valence-corrected chi connectivity index (χ3v) is 5.12. The van der Waals surface area contributed by atoms with Gasteiger partial charge in [-0.1, -0.05) is 51.8 Å². The first-order valence-corrected chi connectivity index (χ1v) is 10.0. The van der Waals surface area contributed by atoms with Crippen molar-refractivity contribution in [3.8, 4) is 0 Å². The van der Waals surface area contributed by atoms with E-state index in [0.717, 1.165) is 50.0 Å². The number of hydrogen-bond donors (Lipinski definition) is 1. The Bertz CT molecular complexity index is 847. The first-order chi connectivity index (χ1) is 13.4. The van der Waals surface area contributed by atoms with Gasteiger partial charge in [0, 0.05) is 31.2 Å². The van der Waals surface area contributed by atoms with E-state index in [1.54, 1.807) is 12.3 Å². The van der Waals surface area contributed by atoms with E-state index in [9.17, 15) is 9.59 Å². The Balaban J connectivity index is 1.79. The molecular weight excluding hydrogens is 350 g/mol. The zero-order chi connectivity index (χ0) is 20.1. The van der Waals surface area contributed by atoms with Crippen molar-refractivity contribution in [2.75, 3.05) is 18.4 Å². The molecule has 5 heteroatoms. The highest BCUT2D eigenvalue weighted by Gasteiger charge is 2.21. The molecule has 1 fully saturated rings. The maximum Gasteiger partial charge on any atom is 0.257 e. The first kappa shape index (κ1) is 20.1. The van der Waals surface area contributed by atoms with Crippen molar-refractivity contribution in [3.05, 3.63) is 59.4 Å². The molecule has 148 valence electrons. The third kappa shape index (κ3) is 4.77. The highest BCUT2D eigenvalue weighted by atomic mass is 16.2. The maximum absolute atomic E-state index is 12.8. The molecule has 2 aromatic rings. The highest BCUT2D eigenvalue weighted by molar-refractivity contribution is 6.06. The van der Waals surface area contributed by atoms with Gasteiger partial charge >= 0.3 is 0 Å². The Morgan fingerprint density at radius 1 is 0.964 bits per heavy atom. The van der Waals surface area contributed by atoms with Crippen LogP contribution < -0.4 is 5.32 Å². The second-order valence-corrected chi connectivity index (χ2v) is 8.42. The van der Waals surface area contributed by atoms with Gasteiger partial charge in [0.25, 0.3) is 11.8 Å². The molecule has 1 aliphatic rings. The summed E-state index contributed by atoms with van der Waals surface area (Å²) >= 11 is 0. The number of nitrogens with zero attached hydrogens (tertiary/aromatic N) is 2. The Morgan fingerprint density at radius 3 is 2.29 bits per heavy atom. The predicted octanol–water partition coefficient (Wildman–Crippen LogP) is 4.65. The molecule has 2 amide bonds. The summed E-state index contributed by atoms with van der Waals surface area (Å²) in [5.74, 6) is -0.297. The molecule has 1 N–H and O–H groups in total. The molecule has 1 saturated heterocycles. The molecule has 5 nitrogen and oxygen atoms in total. The molecule has 0 spiro atoms. The first-order valence-electron chi connectivity index (χ1n) is 10.0. The van der Waals surface area contributed by atoms with Gasteiger partial charge in [0.15, 0.2) is 0 Å². The molecule has 1 aliphatic heterocycles. The number of para-hydroxylation sites is 1. The second kappa shape index (κ2) is 8.55. The Kier molecular flexibility index (Phi) is 6.12. The van der Waals surface area contributed by atoms with Crippen LogP contribution in [0.2, 0.25) is 0 Å². The molecule has 0 radical (unpaired) electrons. The van der Waals surface area contributed by atoms with Crippen molar-refractivity contribution >= 4 is 17.5 Å². The normalized spacial score (nSPS) is 15.0. The van der Waals surface area contributed by atoms with E-state index < -0.39 is 0 Å². The summed E-state index contributed by atoms with van der Waals surface area (Å²) < 4.78 is 0. The van der Waals surface area contributed by atoms with E-state index >= 15 is 0 Å². The number of carbonyl (C=O) groups is 2. The lowest BCUT2D eigenvalue weighted by molar-refractivity contribution is 0.0761. The van der Waals surface area contributed by atoms with E-state index in [4.69, 9.17) is 0 Å². The number of benzene rings is 1. The fourth-order valence-corrected chi connectivity index (χ4v) is 3.58. The van der Waals surface area contributed by atoms with E-state index in [1.807, 2.05) is 29.2 Å². The standard InChI is InChI=1S/C23H29N3O2/c1-23(2,3)19-10-6-7-11-20(19)25-21(27)17-14-18(16-24-15-17)22(28)26-12-8-4-5-9-13-26/h6-7,10-11,14-16H,4-5,8-9,12-13H2,1-3H3,(H,25,27). The molecule has 2 heterocycles. The van der Waals surface area contributed by atoms with Crippen LogP contribution >= 0.6 is 0 Å². The Hall–Kier alpha value is -2.69. The van der Waals surface area contributed by atoms with Crippen LogP contribution in [-0.2, 0) is 5.41 Å². The van der Waals surface area contributed by atoms with Crippen molar-refractivity contribution in [2.24, 2.45) is 0 Å². The minimum atomic E-state index is -0.255. The lowest BCUT2D eigenvalue weighted by Crippen LogP contribution is -2.32. The molecule has 3 rings (SSSR count). The summed E-state index contributed by atoms with van der Waals surface area (Å²) in [5, 5.41) is 2.99. The number of hydrogen-bond acceptors (Lipinski definition) is 3. The van der Waals surface area contributed by atoms with Crippen molar-refractivity contribution in [3.63, 3.8) is 0 Å². The number of rotatable bonds is 3. The van der Waals surface area contributed by atoms with E-state index in [2.05, 4.69) is 31.1 Å². The number of pyridine rings is 1. The highest BCUT2D eigenvalue weighted by Crippen LogP contribution is 2.29. The van der Waals surface area contributed by atoms with Gasteiger partial charge in [0.2, 0.25) is 0 Å². The van der Waals surface area contributed by atoms with Gasteiger partial charge in [0.05, 0.1) is 11.1 Å². The number of likely N-dealkylation sites (tertiary alicyclic amines) is 1. The molecule has 0 atom stereocenters. The number of amides is 2. The van der Waals surface area contributed by atoms with Crippen LogP contribution in [0.5, 0.6) is 0 Å². The molecule has 0 saturated carbocycles. The molecule has 0 bridgehead atoms. The van der Waals surface area contributed by atoms with Gasteiger partial charge in [-0.3, -0.25) is 14.6 Å². The minimum Gasteiger partial charge on any atom is -0.339 e. The fraction of sp³-hybridized carbons (Fsp3) is 0.435. The summed E-state index contributed by atoms with van der Waals surface area (Å²) in [6.45, 7) is 7.88. The van der Waals surface area contributed by atoms with E-state index in [-0.39, 0.29) is 17.2 Å². The van der Waals surface area contributed by atoms with E-state index in [0.29, 0.717) is 11.1 Å². The molecule has 28 heavy (non-hydrogen) atoms. The van der Waals surface area contributed by atoms with Crippen LogP contribution in [0.3, 0.4) is 0 Å². The Morgan fingerprint density at radius 2 is 1.61 bits per heavy atom. The molecule has 0 unspecified atom stereocenters. The molecule has 1 aromatic heterocycles. The van der Waals surface area contributed by atoms with Crippen molar-refractivity contribution in [1.29, 1.82) is 0 Å². The fourth-order valence-electron chi connectivity index (χ4n) is 3.58. The zero-order valence-electron chi connectivity index (χ0n) is 17.0. The SMILES string of the molecule is CC(C)(C)c1ccccc1NC(=O)c1cncc(C(=O)N2CCCCCC2)c1. The van der Waals surface area contributed by atoms with Crippen molar-refractivity contribution in [1.82, 2.24) is 9.88 Å². The smallest absolute Gasteiger partial charge is 0.257 e. The van der Waals surface area contributed by atoms with Crippen LogP contribution in [0.15, 0.2) is 42.7 Å². The Labute approximate surface area is 167 Å². The zero-order valence-corrected chi connectivity index (χ0v) is 17.0. The van der Waals surface area contributed by atoms with Crippen LogP contribution in [0.25, 0.3) is 0 Å². The largest absolute Gasteiger partial charge is 0.339 e. The maximum atomic E-state index is 12.8. The summed E-state index contributed by atoms with van der Waals surface area (Å²) in [6.07, 6.45) is 7.45. The topological polar surface area (TPSA) is 62.3 Å². The van der Waals surface area contributed by atoms with Crippen molar-refractivity contribution < 1.29 is 9.59 Å². The molecule has 1 aromatic carbocycles. The third-order valence-electron chi connectivity index (χ3n) is 5.12. The predicted molar refractivity (Wildman–Crippen MR) is 112 cm³/mol. The number of aromatic nitrogens is 1. The van der Waals surface area contributed by atoms with E-state index in [1.165, 1.54) is 6.20 Å². The lowest BCUT2D eigenvalue weighted by atomic mass is 9.86. The van der Waals surface area contributed by atoms with Gasteiger partial charge in [-0.15, -0.1) is 0 Å². The minimum absolute atomic E-state index is 0.0425. The van der Waals surface area contributed by atoms with Gasteiger partial charge in [-0.25, -0.2) is 0 Å². The number of carbonyl (C=O) groups excluding carboxylic acids is 2. The van der Waals surface area contributed by atoms with Gasteiger partial charge < -0.3 is 10.2 Å². The van der Waals surface area contributed by atoms with Gasteiger partial charge in [-0.05, 0) is 36.0 Å². The number of nitrogens with one attached hydrogen (secondary N) is 1. The average molecular weight is 380 g/mol. The summed E-state index contributed by atoms with van der Waals surface area (Å²) in [5.41, 5.74) is 2.62. The van der Waals surface area contributed by atoms with Crippen LogP contribution in [0.4, 0.5) is 5.69 Å². The molecular formula is C23H29N3O2. The summed E-state index contributed by atoms with van der Waals surface area (Å²) in [4.78, 5) is 31.7. The van der Waals surface area contributed by atoms with Crippen LogP contribution in [-0.4, -0.2) is 34.8 Å². The monoisotopic (exact) mass is 379 g/mol. The van der Waals surface area contributed by atoms with Crippen LogP contribution in [0, 0.1) is 0 Å². The second-order valence-electron chi connectivity index (χ2n) is 8.42. The number of anilines is 1. The summed E-state index contributed by atoms with van der Waals surface area (Å²) in [7, 11) is 0. The lowest BCUT2D eigenvalue weighted by Gasteiger charge is -2.23. The average Bonchev–Trinajstić information content (AvgIpc) is 2.96. The molecule has 0 aliphatic carbocycles. The van der Waals surface area contributed by atoms with Crippen LogP contribution in [0.1, 0.15) is 72.7 Å². The van der Waals surface area contributed by atoms with Crippen molar-refractivity contribution in [2.45, 2.75) is 51.9 Å². The van der Waals surface area contributed by atoms with Gasteiger partial charge in [0.1, 0.15) is 0 Å².